The highest BCUT2D eigenvalue weighted by atomic mass is 35.5. The Morgan fingerprint density at radius 1 is 1.38 bits per heavy atom. The lowest BCUT2D eigenvalue weighted by molar-refractivity contribution is 0.627. The lowest BCUT2D eigenvalue weighted by Gasteiger charge is -1.99. The molecule has 1 N–H and O–H groups in total. The van der Waals surface area contributed by atoms with E-state index >= 15 is 0 Å². The molecule has 0 aliphatic rings. The molecule has 3 heteroatoms. The molecule has 1 rings (SSSR count). The van der Waals surface area contributed by atoms with Crippen LogP contribution >= 0.6 is 11.6 Å². The topological polar surface area (TPSA) is 12.0 Å². The number of allylic oxidation sites excluding steroid dienone is 1. The summed E-state index contributed by atoms with van der Waals surface area (Å²) in [4.78, 5) is 0. The van der Waals surface area contributed by atoms with Crippen LogP contribution in [0.3, 0.4) is 0 Å². The highest BCUT2D eigenvalue weighted by Crippen LogP contribution is 2.16. The second-order valence-corrected chi connectivity index (χ2v) is 3.97. The minimum absolute atomic E-state index is 0.193. The molecule has 88 valence electrons. The average molecular weight is 242 g/mol. The summed E-state index contributed by atoms with van der Waals surface area (Å²) in [6, 6.07) is 4.84. The quantitative estimate of drug-likeness (QED) is 0.593. The third kappa shape index (κ3) is 4.77. The maximum atomic E-state index is 12.9. The van der Waals surface area contributed by atoms with Crippen LogP contribution in [0.1, 0.15) is 18.9 Å². The van der Waals surface area contributed by atoms with Crippen molar-refractivity contribution in [1.29, 1.82) is 0 Å². The Hall–Kier alpha value is -0.860. The third-order valence-electron chi connectivity index (χ3n) is 2.24. The van der Waals surface area contributed by atoms with Gasteiger partial charge in [0.1, 0.15) is 5.82 Å². The van der Waals surface area contributed by atoms with Crippen molar-refractivity contribution in [1.82, 2.24) is 5.32 Å². The van der Waals surface area contributed by atoms with E-state index in [0.29, 0.717) is 0 Å². The van der Waals surface area contributed by atoms with Gasteiger partial charge >= 0.3 is 0 Å². The lowest BCUT2D eigenvalue weighted by atomic mass is 10.1. The molecule has 0 bridgehead atoms. The summed E-state index contributed by atoms with van der Waals surface area (Å²) >= 11 is 5.69. The van der Waals surface area contributed by atoms with Crippen molar-refractivity contribution in [2.75, 3.05) is 13.1 Å². The first-order valence-corrected chi connectivity index (χ1v) is 5.91. The molecule has 0 atom stereocenters. The van der Waals surface area contributed by atoms with E-state index in [2.05, 4.69) is 24.4 Å². The minimum atomic E-state index is -0.360. The Labute approximate surface area is 101 Å². The predicted molar refractivity (Wildman–Crippen MR) is 67.4 cm³/mol. The van der Waals surface area contributed by atoms with Gasteiger partial charge in [-0.25, -0.2) is 4.39 Å². The molecule has 0 saturated carbocycles. The molecule has 0 radical (unpaired) electrons. The zero-order valence-electron chi connectivity index (χ0n) is 9.47. The fraction of sp³-hybridized carbons (Fsp3) is 0.385. The highest BCUT2D eigenvalue weighted by Gasteiger charge is 1.98. The summed E-state index contributed by atoms with van der Waals surface area (Å²) in [6.07, 6.45) is 6.02. The Balaban J connectivity index is 2.34. The number of hydrogen-bond donors (Lipinski definition) is 1. The highest BCUT2D eigenvalue weighted by molar-refractivity contribution is 6.30. The average Bonchev–Trinajstić information content (AvgIpc) is 2.28. The molecule has 0 spiro atoms. The van der Waals surface area contributed by atoms with E-state index in [0.717, 1.165) is 31.5 Å². The molecular formula is C13H17ClFN. The van der Waals surface area contributed by atoms with E-state index in [-0.39, 0.29) is 10.8 Å². The fourth-order valence-corrected chi connectivity index (χ4v) is 1.57. The van der Waals surface area contributed by atoms with Gasteiger partial charge in [0.15, 0.2) is 0 Å². The molecule has 16 heavy (non-hydrogen) atoms. The molecule has 0 aliphatic carbocycles. The van der Waals surface area contributed by atoms with Gasteiger partial charge < -0.3 is 5.32 Å². The number of rotatable bonds is 6. The molecule has 1 aromatic carbocycles. The molecule has 0 heterocycles. The van der Waals surface area contributed by atoms with Crippen LogP contribution in [-0.2, 0) is 6.42 Å². The Bertz CT molecular complexity index is 350. The normalized spacial score (nSPS) is 11.2. The zero-order valence-corrected chi connectivity index (χ0v) is 10.2. The molecule has 0 fully saturated rings. The number of nitrogens with one attached hydrogen (secondary N) is 1. The molecular weight excluding hydrogens is 225 g/mol. The van der Waals surface area contributed by atoms with E-state index in [1.807, 2.05) is 0 Å². The van der Waals surface area contributed by atoms with Crippen LogP contribution < -0.4 is 5.32 Å². The molecule has 0 aliphatic heterocycles. The number of benzene rings is 1. The van der Waals surface area contributed by atoms with Crippen LogP contribution in [0.2, 0.25) is 5.02 Å². The van der Waals surface area contributed by atoms with Crippen molar-refractivity contribution in [2.45, 2.75) is 19.8 Å². The Morgan fingerprint density at radius 2 is 2.19 bits per heavy atom. The standard InChI is InChI=1S/C13H17ClFN/c1-2-16-9-5-3-4-6-11-7-8-13(15)12(14)10-11/h3-4,7-8,10,16H,2,5-6,9H2,1H3/b4-3+. The predicted octanol–water partition coefficient (Wildman–Crippen LogP) is 3.58. The van der Waals surface area contributed by atoms with Gasteiger partial charge in [0.25, 0.3) is 0 Å². The van der Waals surface area contributed by atoms with Crippen LogP contribution in [0, 0.1) is 5.82 Å². The van der Waals surface area contributed by atoms with E-state index in [1.165, 1.54) is 6.07 Å². The molecule has 0 amide bonds. The summed E-state index contributed by atoms with van der Waals surface area (Å²) < 4.78 is 12.9. The Kier molecular flexibility index (Phi) is 6.12. The fourth-order valence-electron chi connectivity index (χ4n) is 1.37. The van der Waals surface area contributed by atoms with Crippen LogP contribution in [0.4, 0.5) is 4.39 Å². The number of hydrogen-bond acceptors (Lipinski definition) is 1. The van der Waals surface area contributed by atoms with E-state index in [1.54, 1.807) is 12.1 Å². The van der Waals surface area contributed by atoms with E-state index < -0.39 is 0 Å². The van der Waals surface area contributed by atoms with Gasteiger partial charge in [-0.15, -0.1) is 0 Å². The minimum Gasteiger partial charge on any atom is -0.317 e. The van der Waals surface area contributed by atoms with Crippen molar-refractivity contribution in [2.24, 2.45) is 0 Å². The third-order valence-corrected chi connectivity index (χ3v) is 2.53. The summed E-state index contributed by atoms with van der Waals surface area (Å²) in [5.74, 6) is -0.360. The summed E-state index contributed by atoms with van der Waals surface area (Å²) in [6.45, 7) is 4.09. The van der Waals surface area contributed by atoms with Crippen LogP contribution in [0.15, 0.2) is 30.4 Å². The zero-order chi connectivity index (χ0) is 11.8. The molecule has 0 aromatic heterocycles. The van der Waals surface area contributed by atoms with Gasteiger partial charge in [-0.3, -0.25) is 0 Å². The molecule has 1 nitrogen and oxygen atoms in total. The molecule has 0 saturated heterocycles. The second-order valence-electron chi connectivity index (χ2n) is 3.57. The van der Waals surface area contributed by atoms with E-state index in [4.69, 9.17) is 11.6 Å². The molecule has 0 unspecified atom stereocenters. The SMILES string of the molecule is CCNCC/C=C/Cc1ccc(F)c(Cl)c1. The first-order valence-electron chi connectivity index (χ1n) is 5.53. The first-order chi connectivity index (χ1) is 7.74. The largest absolute Gasteiger partial charge is 0.317 e. The van der Waals surface area contributed by atoms with Gasteiger partial charge in [0.05, 0.1) is 5.02 Å². The number of halogens is 2. The van der Waals surface area contributed by atoms with Gasteiger partial charge in [-0.05, 0) is 43.6 Å². The maximum Gasteiger partial charge on any atom is 0.141 e. The summed E-state index contributed by atoms with van der Waals surface area (Å²) in [5.41, 5.74) is 1.03. The lowest BCUT2D eigenvalue weighted by Crippen LogP contribution is -2.12. The monoisotopic (exact) mass is 241 g/mol. The summed E-state index contributed by atoms with van der Waals surface area (Å²) in [5, 5.41) is 3.43. The van der Waals surface area contributed by atoms with Gasteiger partial charge in [0.2, 0.25) is 0 Å². The van der Waals surface area contributed by atoms with Crippen molar-refractivity contribution in [3.05, 3.63) is 46.8 Å². The van der Waals surface area contributed by atoms with Crippen LogP contribution in [0.25, 0.3) is 0 Å². The molecule has 1 aromatic rings. The second kappa shape index (κ2) is 7.42. The smallest absolute Gasteiger partial charge is 0.141 e. The Morgan fingerprint density at radius 3 is 2.88 bits per heavy atom. The van der Waals surface area contributed by atoms with Gasteiger partial charge in [-0.1, -0.05) is 36.7 Å². The van der Waals surface area contributed by atoms with Crippen molar-refractivity contribution in [3.8, 4) is 0 Å². The first kappa shape index (κ1) is 13.2. The van der Waals surface area contributed by atoms with Crippen LogP contribution in [-0.4, -0.2) is 13.1 Å². The van der Waals surface area contributed by atoms with E-state index in [9.17, 15) is 4.39 Å². The van der Waals surface area contributed by atoms with Crippen LogP contribution in [0.5, 0.6) is 0 Å². The van der Waals surface area contributed by atoms with Crippen molar-refractivity contribution in [3.63, 3.8) is 0 Å². The van der Waals surface area contributed by atoms with Crippen molar-refractivity contribution >= 4 is 11.6 Å². The van der Waals surface area contributed by atoms with Gasteiger partial charge in [0, 0.05) is 0 Å². The van der Waals surface area contributed by atoms with Crippen molar-refractivity contribution < 1.29 is 4.39 Å². The van der Waals surface area contributed by atoms with Gasteiger partial charge in [-0.2, -0.15) is 0 Å². The maximum absolute atomic E-state index is 12.9. The summed E-state index contributed by atoms with van der Waals surface area (Å²) in [7, 11) is 0.